The van der Waals surface area contributed by atoms with E-state index in [1.54, 1.807) is 0 Å². The van der Waals surface area contributed by atoms with Crippen molar-refractivity contribution in [3.63, 3.8) is 0 Å². The van der Waals surface area contributed by atoms with Gasteiger partial charge < -0.3 is 15.4 Å². The fraction of sp³-hybridized carbons (Fsp3) is 0.462. The molecule has 0 saturated heterocycles. The Morgan fingerprint density at radius 3 is 2.50 bits per heavy atom. The summed E-state index contributed by atoms with van der Waals surface area (Å²) in [7, 11) is 1.86. The number of likely N-dealkylation sites (N-methyl/N-ethyl adjacent to an activating group) is 1. The van der Waals surface area contributed by atoms with Gasteiger partial charge in [0.1, 0.15) is 5.75 Å². The molecular weight excluding hydrogens is 252 g/mol. The number of hydrogen-bond acceptors (Lipinski definition) is 3. The maximum atomic E-state index is 11.4. The summed E-state index contributed by atoms with van der Waals surface area (Å²) in [5.74, 6) is 0.611. The number of benzene rings is 1. The highest BCUT2D eigenvalue weighted by Crippen LogP contribution is 2.10. The lowest BCUT2D eigenvalue weighted by Gasteiger charge is -2.11. The fourth-order valence-corrected chi connectivity index (χ4v) is 1.20. The van der Waals surface area contributed by atoms with Crippen molar-refractivity contribution in [2.45, 2.75) is 19.9 Å². The van der Waals surface area contributed by atoms with Crippen LogP contribution in [0.3, 0.4) is 0 Å². The molecule has 0 fully saturated rings. The van der Waals surface area contributed by atoms with E-state index in [4.69, 9.17) is 4.74 Å². The molecule has 0 heterocycles. The van der Waals surface area contributed by atoms with Gasteiger partial charge in [0.15, 0.2) is 6.61 Å². The first-order valence-electron chi connectivity index (χ1n) is 5.75. The molecule has 2 N–H and O–H groups in total. The molecule has 102 valence electrons. The predicted octanol–water partition coefficient (Wildman–Crippen LogP) is 1.52. The van der Waals surface area contributed by atoms with Crippen molar-refractivity contribution in [2.75, 3.05) is 20.2 Å². The van der Waals surface area contributed by atoms with Crippen LogP contribution in [0.4, 0.5) is 0 Å². The zero-order chi connectivity index (χ0) is 12.7. The monoisotopic (exact) mass is 272 g/mol. The lowest BCUT2D eigenvalue weighted by atomic mass is 10.2. The Kier molecular flexibility index (Phi) is 8.16. The maximum Gasteiger partial charge on any atom is 0.257 e. The number of rotatable bonds is 6. The van der Waals surface area contributed by atoms with Crippen molar-refractivity contribution < 1.29 is 9.53 Å². The predicted molar refractivity (Wildman–Crippen MR) is 75.5 cm³/mol. The Morgan fingerprint density at radius 2 is 1.94 bits per heavy atom. The molecule has 1 aromatic carbocycles. The molecule has 1 rings (SSSR count). The Hall–Kier alpha value is -1.26. The van der Waals surface area contributed by atoms with Crippen LogP contribution in [-0.2, 0) is 4.79 Å². The summed E-state index contributed by atoms with van der Waals surface area (Å²) in [5.41, 5.74) is 1.17. The van der Waals surface area contributed by atoms with Gasteiger partial charge in [-0.25, -0.2) is 0 Å². The van der Waals surface area contributed by atoms with Crippen molar-refractivity contribution in [1.29, 1.82) is 0 Å². The molecule has 0 spiro atoms. The quantitative estimate of drug-likeness (QED) is 0.826. The summed E-state index contributed by atoms with van der Waals surface area (Å²) in [4.78, 5) is 11.4. The molecule has 0 bridgehead atoms. The van der Waals surface area contributed by atoms with Crippen LogP contribution < -0.4 is 15.4 Å². The Bertz CT molecular complexity index is 355. The van der Waals surface area contributed by atoms with E-state index in [1.807, 2.05) is 45.2 Å². The molecule has 1 aromatic rings. The SMILES string of the molecule is CNC(C)CNC(=O)COc1ccc(C)cc1.Cl. The van der Waals surface area contributed by atoms with Crippen molar-refractivity contribution >= 4 is 18.3 Å². The first-order chi connectivity index (χ1) is 8.11. The normalized spacial score (nSPS) is 11.3. The average Bonchev–Trinajstić information content (AvgIpc) is 2.35. The number of nitrogens with one attached hydrogen (secondary N) is 2. The second-order valence-electron chi connectivity index (χ2n) is 4.10. The van der Waals surface area contributed by atoms with E-state index in [2.05, 4.69) is 10.6 Å². The van der Waals surface area contributed by atoms with Gasteiger partial charge in [0, 0.05) is 12.6 Å². The van der Waals surface area contributed by atoms with Crippen molar-refractivity contribution in [3.8, 4) is 5.75 Å². The number of amides is 1. The molecule has 18 heavy (non-hydrogen) atoms. The first-order valence-corrected chi connectivity index (χ1v) is 5.75. The molecule has 0 aliphatic heterocycles. The van der Waals surface area contributed by atoms with Gasteiger partial charge in [0.25, 0.3) is 5.91 Å². The standard InChI is InChI=1S/C13H20N2O2.ClH/c1-10-4-6-12(7-5-10)17-9-13(16)15-8-11(2)14-3;/h4-7,11,14H,8-9H2,1-3H3,(H,15,16);1H. The van der Waals surface area contributed by atoms with E-state index in [9.17, 15) is 4.79 Å². The third-order valence-corrected chi connectivity index (χ3v) is 2.49. The smallest absolute Gasteiger partial charge is 0.257 e. The van der Waals surface area contributed by atoms with Crippen LogP contribution in [0.1, 0.15) is 12.5 Å². The number of carbonyl (C=O) groups is 1. The highest BCUT2D eigenvalue weighted by atomic mass is 35.5. The maximum absolute atomic E-state index is 11.4. The zero-order valence-electron chi connectivity index (χ0n) is 11.0. The van der Waals surface area contributed by atoms with Crippen LogP contribution in [0.15, 0.2) is 24.3 Å². The van der Waals surface area contributed by atoms with E-state index < -0.39 is 0 Å². The molecule has 1 amide bonds. The summed E-state index contributed by atoms with van der Waals surface area (Å²) in [5, 5.41) is 5.83. The Balaban J connectivity index is 0.00000289. The van der Waals surface area contributed by atoms with Crippen LogP contribution in [0.25, 0.3) is 0 Å². The fourth-order valence-electron chi connectivity index (χ4n) is 1.20. The molecule has 5 heteroatoms. The first kappa shape index (κ1) is 16.7. The van der Waals surface area contributed by atoms with Crippen LogP contribution in [0.2, 0.25) is 0 Å². The number of halogens is 1. The second-order valence-corrected chi connectivity index (χ2v) is 4.10. The van der Waals surface area contributed by atoms with Gasteiger partial charge in [0.2, 0.25) is 0 Å². The Morgan fingerprint density at radius 1 is 1.33 bits per heavy atom. The summed E-state index contributed by atoms with van der Waals surface area (Å²) in [6.45, 7) is 4.67. The average molecular weight is 273 g/mol. The minimum atomic E-state index is -0.104. The number of carbonyl (C=O) groups excluding carboxylic acids is 1. The third kappa shape index (κ3) is 6.47. The van der Waals surface area contributed by atoms with E-state index in [1.165, 1.54) is 5.56 Å². The van der Waals surface area contributed by atoms with Crippen molar-refractivity contribution in [1.82, 2.24) is 10.6 Å². The molecule has 1 unspecified atom stereocenters. The van der Waals surface area contributed by atoms with Gasteiger partial charge in [-0.3, -0.25) is 4.79 Å². The summed E-state index contributed by atoms with van der Waals surface area (Å²) in [6, 6.07) is 7.89. The third-order valence-electron chi connectivity index (χ3n) is 2.49. The van der Waals surface area contributed by atoms with Gasteiger partial charge in [-0.05, 0) is 33.0 Å². The van der Waals surface area contributed by atoms with Crippen molar-refractivity contribution in [3.05, 3.63) is 29.8 Å². The van der Waals surface area contributed by atoms with E-state index in [-0.39, 0.29) is 31.0 Å². The molecular formula is C13H21ClN2O2. The topological polar surface area (TPSA) is 50.4 Å². The largest absolute Gasteiger partial charge is 0.484 e. The highest BCUT2D eigenvalue weighted by molar-refractivity contribution is 5.85. The highest BCUT2D eigenvalue weighted by Gasteiger charge is 2.04. The lowest BCUT2D eigenvalue weighted by Crippen LogP contribution is -2.39. The van der Waals surface area contributed by atoms with Crippen molar-refractivity contribution in [2.24, 2.45) is 0 Å². The molecule has 1 atom stereocenters. The molecule has 0 aliphatic carbocycles. The molecule has 0 saturated carbocycles. The molecule has 0 aliphatic rings. The van der Waals surface area contributed by atoms with Gasteiger partial charge in [0.05, 0.1) is 0 Å². The van der Waals surface area contributed by atoms with Gasteiger partial charge >= 0.3 is 0 Å². The van der Waals surface area contributed by atoms with E-state index >= 15 is 0 Å². The zero-order valence-corrected chi connectivity index (χ0v) is 11.8. The molecule has 4 nitrogen and oxygen atoms in total. The van der Waals surface area contributed by atoms with E-state index in [0.717, 1.165) is 0 Å². The van der Waals surface area contributed by atoms with E-state index in [0.29, 0.717) is 12.3 Å². The van der Waals surface area contributed by atoms with Gasteiger partial charge in [-0.15, -0.1) is 12.4 Å². The minimum Gasteiger partial charge on any atom is -0.484 e. The Labute approximate surface area is 115 Å². The minimum absolute atomic E-state index is 0. The van der Waals surface area contributed by atoms with Gasteiger partial charge in [-0.2, -0.15) is 0 Å². The van der Waals surface area contributed by atoms with Gasteiger partial charge in [-0.1, -0.05) is 17.7 Å². The number of aryl methyl sites for hydroxylation is 1. The van der Waals surface area contributed by atoms with Crippen LogP contribution >= 0.6 is 12.4 Å². The molecule has 0 aromatic heterocycles. The summed E-state index contributed by atoms with van der Waals surface area (Å²) >= 11 is 0. The number of ether oxygens (including phenoxy) is 1. The summed E-state index contributed by atoms with van der Waals surface area (Å²) < 4.78 is 5.36. The second kappa shape index (κ2) is 8.78. The molecule has 0 radical (unpaired) electrons. The lowest BCUT2D eigenvalue weighted by molar-refractivity contribution is -0.123. The van der Waals surface area contributed by atoms with Crippen LogP contribution in [-0.4, -0.2) is 32.1 Å². The van der Waals surface area contributed by atoms with Crippen LogP contribution in [0, 0.1) is 6.92 Å². The number of hydrogen-bond donors (Lipinski definition) is 2. The van der Waals surface area contributed by atoms with Crippen LogP contribution in [0.5, 0.6) is 5.75 Å². The summed E-state index contributed by atoms with van der Waals surface area (Å²) in [6.07, 6.45) is 0.